The van der Waals surface area contributed by atoms with Gasteiger partial charge in [-0.1, -0.05) is 18.8 Å². The quantitative estimate of drug-likeness (QED) is 0.836. The zero-order chi connectivity index (χ0) is 18.4. The lowest BCUT2D eigenvalue weighted by molar-refractivity contribution is 0.383. The molecular weight excluding hydrogens is 326 g/mol. The van der Waals surface area contributed by atoms with Gasteiger partial charge in [-0.05, 0) is 51.4 Å². The van der Waals surface area contributed by atoms with Crippen LogP contribution in [0.2, 0.25) is 0 Å². The van der Waals surface area contributed by atoms with Crippen molar-refractivity contribution in [2.45, 2.75) is 33.1 Å². The van der Waals surface area contributed by atoms with Gasteiger partial charge in [-0.3, -0.25) is 4.90 Å². The topological polar surface area (TPSA) is 63.2 Å². The van der Waals surface area contributed by atoms with Crippen molar-refractivity contribution in [2.75, 3.05) is 32.1 Å². The van der Waals surface area contributed by atoms with Crippen LogP contribution < -0.4 is 10.1 Å². The Balaban J connectivity index is 1.78. The lowest BCUT2D eigenvalue weighted by Crippen LogP contribution is -2.18. The van der Waals surface area contributed by atoms with Crippen LogP contribution in [0.1, 0.15) is 36.7 Å². The van der Waals surface area contributed by atoms with E-state index in [-0.39, 0.29) is 0 Å². The molecule has 0 saturated carbocycles. The second kappa shape index (κ2) is 8.63. The van der Waals surface area contributed by atoms with Crippen molar-refractivity contribution < 1.29 is 4.74 Å². The molecule has 0 radical (unpaired) electrons. The molecule has 2 aromatic heterocycles. The normalized spacial score (nSPS) is 14.0. The van der Waals surface area contributed by atoms with Crippen LogP contribution in [0.25, 0.3) is 0 Å². The summed E-state index contributed by atoms with van der Waals surface area (Å²) < 4.78 is 5.34. The summed E-state index contributed by atoms with van der Waals surface area (Å²) in [6, 6.07) is 3.92. The molecule has 0 atom stereocenters. The standard InChI is InChI=1S/C20H25N5O/c1-4-17-12-15(2)22-20(23-17)24-18-13-16(19(26-3)21-14-18)8-7-11-25-9-5-6-10-25/h12-14H,4-6,9-11H2,1-3H3,(H,22,23,24). The SMILES string of the molecule is CCc1cc(C)nc(Nc2cnc(OC)c(C#CCN3CCCC3)c2)n1. The Hall–Kier alpha value is -2.65. The maximum absolute atomic E-state index is 5.34. The van der Waals surface area contributed by atoms with Gasteiger partial charge in [0.05, 0.1) is 31.1 Å². The zero-order valence-electron chi connectivity index (χ0n) is 15.7. The molecule has 2 aromatic rings. The van der Waals surface area contributed by atoms with Crippen molar-refractivity contribution in [1.82, 2.24) is 19.9 Å². The van der Waals surface area contributed by atoms with Gasteiger partial charge >= 0.3 is 0 Å². The Morgan fingerprint density at radius 2 is 2.04 bits per heavy atom. The number of likely N-dealkylation sites (tertiary alicyclic amines) is 1. The number of nitrogens with zero attached hydrogens (tertiary/aromatic N) is 4. The van der Waals surface area contributed by atoms with Crippen LogP contribution in [0, 0.1) is 18.8 Å². The number of aromatic nitrogens is 3. The van der Waals surface area contributed by atoms with Crippen molar-refractivity contribution in [3.63, 3.8) is 0 Å². The summed E-state index contributed by atoms with van der Waals surface area (Å²) in [6.07, 6.45) is 5.11. The first-order valence-corrected chi connectivity index (χ1v) is 9.04. The Morgan fingerprint density at radius 1 is 1.23 bits per heavy atom. The van der Waals surface area contributed by atoms with Gasteiger partial charge in [-0.2, -0.15) is 0 Å². The minimum absolute atomic E-state index is 0.531. The van der Waals surface area contributed by atoms with E-state index >= 15 is 0 Å². The second-order valence-corrected chi connectivity index (χ2v) is 6.37. The van der Waals surface area contributed by atoms with E-state index in [2.05, 4.69) is 43.9 Å². The minimum atomic E-state index is 0.531. The summed E-state index contributed by atoms with van der Waals surface area (Å²) >= 11 is 0. The molecule has 3 rings (SSSR count). The average Bonchev–Trinajstić information content (AvgIpc) is 3.15. The number of ether oxygens (including phenoxy) is 1. The van der Waals surface area contributed by atoms with Crippen LogP contribution in [0.15, 0.2) is 18.3 Å². The highest BCUT2D eigenvalue weighted by Gasteiger charge is 2.10. The third kappa shape index (κ3) is 4.70. The van der Waals surface area contributed by atoms with Crippen molar-refractivity contribution in [3.05, 3.63) is 35.3 Å². The molecule has 0 unspecified atom stereocenters. The molecule has 3 heterocycles. The van der Waals surface area contributed by atoms with Gasteiger partial charge in [-0.15, -0.1) is 0 Å². The molecule has 0 aromatic carbocycles. The predicted octanol–water partition coefficient (Wildman–Crippen LogP) is 2.94. The molecule has 1 fully saturated rings. The van der Waals surface area contributed by atoms with Crippen LogP contribution in [0.3, 0.4) is 0 Å². The Kier molecular flexibility index (Phi) is 6.03. The Morgan fingerprint density at radius 3 is 2.77 bits per heavy atom. The zero-order valence-corrected chi connectivity index (χ0v) is 15.7. The maximum Gasteiger partial charge on any atom is 0.229 e. The molecule has 0 bridgehead atoms. The molecule has 136 valence electrons. The summed E-state index contributed by atoms with van der Waals surface area (Å²) in [5.74, 6) is 7.53. The van der Waals surface area contributed by atoms with Crippen LogP contribution >= 0.6 is 0 Å². The molecule has 1 N–H and O–H groups in total. The number of aryl methyl sites for hydroxylation is 2. The van der Waals surface area contributed by atoms with Gasteiger partial charge in [0.15, 0.2) is 0 Å². The lowest BCUT2D eigenvalue weighted by Gasteiger charge is -2.10. The van der Waals surface area contributed by atoms with Crippen LogP contribution in [0.4, 0.5) is 11.6 Å². The largest absolute Gasteiger partial charge is 0.480 e. The summed E-state index contributed by atoms with van der Waals surface area (Å²) in [5, 5.41) is 3.22. The summed E-state index contributed by atoms with van der Waals surface area (Å²) in [4.78, 5) is 15.7. The van der Waals surface area contributed by atoms with Gasteiger partial charge in [-0.25, -0.2) is 15.0 Å². The molecular formula is C20H25N5O. The summed E-state index contributed by atoms with van der Waals surface area (Å²) in [5.41, 5.74) is 3.50. The average molecular weight is 351 g/mol. The number of hydrogen-bond donors (Lipinski definition) is 1. The molecule has 0 amide bonds. The smallest absolute Gasteiger partial charge is 0.229 e. The highest BCUT2D eigenvalue weighted by molar-refractivity contribution is 5.58. The third-order valence-corrected chi connectivity index (χ3v) is 4.29. The van der Waals surface area contributed by atoms with Crippen molar-refractivity contribution >= 4 is 11.6 Å². The monoisotopic (exact) mass is 351 g/mol. The first kappa shape index (κ1) is 18.2. The molecule has 0 aliphatic carbocycles. The van der Waals surface area contributed by atoms with E-state index in [1.165, 1.54) is 12.8 Å². The molecule has 1 aliphatic heterocycles. The summed E-state index contributed by atoms with van der Waals surface area (Å²) in [6.45, 7) is 7.09. The number of anilines is 2. The van der Waals surface area contributed by atoms with E-state index < -0.39 is 0 Å². The van der Waals surface area contributed by atoms with Gasteiger partial charge in [0, 0.05) is 11.4 Å². The summed E-state index contributed by atoms with van der Waals surface area (Å²) in [7, 11) is 1.61. The molecule has 1 saturated heterocycles. The number of methoxy groups -OCH3 is 1. The highest BCUT2D eigenvalue weighted by atomic mass is 16.5. The molecule has 26 heavy (non-hydrogen) atoms. The Labute approximate surface area is 155 Å². The lowest BCUT2D eigenvalue weighted by atomic mass is 10.2. The predicted molar refractivity (Wildman–Crippen MR) is 103 cm³/mol. The fraction of sp³-hybridized carbons (Fsp3) is 0.450. The fourth-order valence-electron chi connectivity index (χ4n) is 2.96. The van der Waals surface area contributed by atoms with E-state index in [0.29, 0.717) is 11.8 Å². The Bertz CT molecular complexity index is 819. The first-order chi connectivity index (χ1) is 12.7. The van der Waals surface area contributed by atoms with Crippen LogP contribution in [-0.4, -0.2) is 46.6 Å². The van der Waals surface area contributed by atoms with Gasteiger partial charge < -0.3 is 10.1 Å². The van der Waals surface area contributed by atoms with Gasteiger partial charge in [0.2, 0.25) is 11.8 Å². The maximum atomic E-state index is 5.34. The van der Waals surface area contributed by atoms with Crippen molar-refractivity contribution in [3.8, 4) is 17.7 Å². The molecule has 6 heteroatoms. The second-order valence-electron chi connectivity index (χ2n) is 6.37. The number of nitrogens with one attached hydrogen (secondary N) is 1. The minimum Gasteiger partial charge on any atom is -0.480 e. The van der Waals surface area contributed by atoms with E-state index in [1.54, 1.807) is 13.3 Å². The number of rotatable bonds is 5. The highest BCUT2D eigenvalue weighted by Crippen LogP contribution is 2.20. The van der Waals surface area contributed by atoms with Gasteiger partial charge in [0.1, 0.15) is 0 Å². The number of hydrogen-bond acceptors (Lipinski definition) is 6. The van der Waals surface area contributed by atoms with E-state index in [4.69, 9.17) is 4.74 Å². The molecule has 6 nitrogen and oxygen atoms in total. The van der Waals surface area contributed by atoms with Crippen molar-refractivity contribution in [1.29, 1.82) is 0 Å². The fourth-order valence-corrected chi connectivity index (χ4v) is 2.96. The van der Waals surface area contributed by atoms with Crippen molar-refractivity contribution in [2.24, 2.45) is 0 Å². The van der Waals surface area contributed by atoms with E-state index in [0.717, 1.165) is 48.7 Å². The van der Waals surface area contributed by atoms with Crippen LogP contribution in [-0.2, 0) is 6.42 Å². The first-order valence-electron chi connectivity index (χ1n) is 9.04. The number of pyridine rings is 1. The third-order valence-electron chi connectivity index (χ3n) is 4.29. The molecule has 1 aliphatic rings. The van der Waals surface area contributed by atoms with Gasteiger partial charge in [0.25, 0.3) is 0 Å². The van der Waals surface area contributed by atoms with E-state index in [9.17, 15) is 0 Å². The van der Waals surface area contributed by atoms with E-state index in [1.807, 2.05) is 19.1 Å². The molecule has 0 spiro atoms. The van der Waals surface area contributed by atoms with Crippen LogP contribution in [0.5, 0.6) is 5.88 Å².